The second-order valence-electron chi connectivity index (χ2n) is 3.78. The molecular weight excluding hydrogens is 275 g/mol. The smallest absolute Gasteiger partial charge is 0.417 e. The summed E-state index contributed by atoms with van der Waals surface area (Å²) in [6.07, 6.45) is -1.41. The quantitative estimate of drug-likeness (QED) is 0.887. The van der Waals surface area contributed by atoms with Gasteiger partial charge >= 0.3 is 6.18 Å². The van der Waals surface area contributed by atoms with Gasteiger partial charge in [0.2, 0.25) is 5.88 Å². The van der Waals surface area contributed by atoms with Gasteiger partial charge in [0.05, 0.1) is 5.56 Å². The summed E-state index contributed by atoms with van der Waals surface area (Å²) in [5.41, 5.74) is -1.29. The van der Waals surface area contributed by atoms with Crippen LogP contribution in [0, 0.1) is 0 Å². The standard InChI is InChI=1S/C12H8F3N3O2/c13-12(14,15)8-5-9(11(20)17-6-8)18-10(19)7-1-3-16-4-2-7/h1-6H,(H,17,20)(H,18,19). The number of nitrogens with one attached hydrogen (secondary N) is 1. The molecule has 2 aromatic heterocycles. The Kier molecular flexibility index (Phi) is 3.55. The second-order valence-corrected chi connectivity index (χ2v) is 3.78. The molecule has 2 rings (SSSR count). The first-order chi connectivity index (χ1) is 9.38. The van der Waals surface area contributed by atoms with E-state index in [-0.39, 0.29) is 5.56 Å². The molecule has 0 radical (unpaired) electrons. The van der Waals surface area contributed by atoms with E-state index in [0.717, 1.165) is 0 Å². The Morgan fingerprint density at radius 1 is 1.25 bits per heavy atom. The molecule has 0 aliphatic rings. The van der Waals surface area contributed by atoms with Crippen LogP contribution in [0.2, 0.25) is 0 Å². The Hall–Kier alpha value is -2.64. The van der Waals surface area contributed by atoms with E-state index in [9.17, 15) is 23.1 Å². The number of hydrogen-bond donors (Lipinski definition) is 2. The lowest BCUT2D eigenvalue weighted by Gasteiger charge is -2.10. The highest BCUT2D eigenvalue weighted by Crippen LogP contribution is 2.33. The van der Waals surface area contributed by atoms with Gasteiger partial charge in [-0.3, -0.25) is 9.78 Å². The Balaban J connectivity index is 2.27. The van der Waals surface area contributed by atoms with Crippen LogP contribution in [-0.4, -0.2) is 21.0 Å². The van der Waals surface area contributed by atoms with E-state index >= 15 is 0 Å². The van der Waals surface area contributed by atoms with Crippen molar-refractivity contribution in [2.24, 2.45) is 0 Å². The van der Waals surface area contributed by atoms with Crippen LogP contribution in [0.25, 0.3) is 0 Å². The molecule has 104 valence electrons. The summed E-state index contributed by atoms with van der Waals surface area (Å²) in [6.45, 7) is 0. The number of hydrogen-bond acceptors (Lipinski definition) is 4. The lowest BCUT2D eigenvalue weighted by molar-refractivity contribution is -0.137. The van der Waals surface area contributed by atoms with E-state index in [0.29, 0.717) is 12.3 Å². The molecule has 0 fully saturated rings. The van der Waals surface area contributed by atoms with Crippen molar-refractivity contribution in [1.82, 2.24) is 9.97 Å². The lowest BCUT2D eigenvalue weighted by Crippen LogP contribution is -2.14. The van der Waals surface area contributed by atoms with E-state index < -0.39 is 29.2 Å². The number of rotatable bonds is 2. The van der Waals surface area contributed by atoms with Crippen molar-refractivity contribution in [3.63, 3.8) is 0 Å². The summed E-state index contributed by atoms with van der Waals surface area (Å²) in [7, 11) is 0. The predicted molar refractivity (Wildman–Crippen MR) is 63.1 cm³/mol. The molecule has 0 spiro atoms. The fourth-order valence-electron chi connectivity index (χ4n) is 1.40. The summed E-state index contributed by atoms with van der Waals surface area (Å²) in [6, 6.07) is 3.38. The van der Waals surface area contributed by atoms with Gasteiger partial charge in [-0.2, -0.15) is 13.2 Å². The third kappa shape index (κ3) is 3.02. The number of aromatic nitrogens is 2. The molecule has 0 atom stereocenters. The molecule has 0 aromatic carbocycles. The number of carbonyl (C=O) groups excluding carboxylic acids is 1. The van der Waals surface area contributed by atoms with Gasteiger partial charge in [0.15, 0.2) is 0 Å². The van der Waals surface area contributed by atoms with Gasteiger partial charge in [0.1, 0.15) is 5.69 Å². The first kappa shape index (κ1) is 13.8. The van der Waals surface area contributed by atoms with Gasteiger partial charge in [-0.1, -0.05) is 0 Å². The number of aromatic hydroxyl groups is 1. The zero-order chi connectivity index (χ0) is 14.8. The largest absolute Gasteiger partial charge is 0.492 e. The number of amides is 1. The van der Waals surface area contributed by atoms with Gasteiger partial charge < -0.3 is 10.4 Å². The average Bonchev–Trinajstić information content (AvgIpc) is 2.41. The van der Waals surface area contributed by atoms with Crippen LogP contribution < -0.4 is 5.32 Å². The fraction of sp³-hybridized carbons (Fsp3) is 0.0833. The highest BCUT2D eigenvalue weighted by molar-refractivity contribution is 6.04. The minimum absolute atomic E-state index is 0.191. The highest BCUT2D eigenvalue weighted by Gasteiger charge is 2.32. The van der Waals surface area contributed by atoms with E-state index in [1.807, 2.05) is 0 Å². The zero-order valence-corrected chi connectivity index (χ0v) is 9.85. The normalized spacial score (nSPS) is 11.2. The van der Waals surface area contributed by atoms with Gasteiger partial charge in [0.25, 0.3) is 5.91 Å². The summed E-state index contributed by atoms with van der Waals surface area (Å²) in [4.78, 5) is 18.7. The van der Waals surface area contributed by atoms with Crippen molar-refractivity contribution >= 4 is 11.6 Å². The number of carbonyl (C=O) groups is 1. The van der Waals surface area contributed by atoms with Gasteiger partial charge in [-0.05, 0) is 18.2 Å². The topological polar surface area (TPSA) is 75.1 Å². The Bertz CT molecular complexity index is 630. The number of halogens is 3. The summed E-state index contributed by atoms with van der Waals surface area (Å²) in [5.74, 6) is -1.37. The van der Waals surface area contributed by atoms with Crippen LogP contribution in [0.5, 0.6) is 5.88 Å². The van der Waals surface area contributed by atoms with Crippen molar-refractivity contribution in [1.29, 1.82) is 0 Å². The van der Waals surface area contributed by atoms with E-state index in [1.165, 1.54) is 24.5 Å². The first-order valence-electron chi connectivity index (χ1n) is 5.35. The molecule has 1 amide bonds. The minimum Gasteiger partial charge on any atom is -0.492 e. The summed E-state index contributed by atoms with van der Waals surface area (Å²) in [5, 5.41) is 11.6. The molecule has 0 aliphatic heterocycles. The third-order valence-electron chi connectivity index (χ3n) is 2.38. The van der Waals surface area contributed by atoms with Gasteiger partial charge in [-0.25, -0.2) is 4.98 Å². The maximum Gasteiger partial charge on any atom is 0.417 e. The lowest BCUT2D eigenvalue weighted by atomic mass is 10.2. The monoisotopic (exact) mass is 283 g/mol. The van der Waals surface area contributed by atoms with Crippen LogP contribution in [0.3, 0.4) is 0 Å². The maximum absolute atomic E-state index is 12.5. The van der Waals surface area contributed by atoms with E-state index in [1.54, 1.807) is 0 Å². The molecule has 0 bridgehead atoms. The van der Waals surface area contributed by atoms with Crippen molar-refractivity contribution < 1.29 is 23.1 Å². The molecule has 2 heterocycles. The Morgan fingerprint density at radius 2 is 1.90 bits per heavy atom. The molecule has 20 heavy (non-hydrogen) atoms. The molecule has 0 unspecified atom stereocenters. The van der Waals surface area contributed by atoms with Crippen LogP contribution in [0.15, 0.2) is 36.8 Å². The van der Waals surface area contributed by atoms with Crippen LogP contribution in [0.1, 0.15) is 15.9 Å². The number of anilines is 1. The molecule has 2 N–H and O–H groups in total. The van der Waals surface area contributed by atoms with E-state index in [2.05, 4.69) is 15.3 Å². The SMILES string of the molecule is O=C(Nc1cc(C(F)(F)F)cnc1O)c1ccncc1. The number of alkyl halides is 3. The molecule has 0 aliphatic carbocycles. The van der Waals surface area contributed by atoms with Crippen molar-refractivity contribution in [3.05, 3.63) is 47.9 Å². The summed E-state index contributed by atoms with van der Waals surface area (Å²) >= 11 is 0. The van der Waals surface area contributed by atoms with Crippen molar-refractivity contribution in [3.8, 4) is 5.88 Å². The van der Waals surface area contributed by atoms with Crippen LogP contribution in [0.4, 0.5) is 18.9 Å². The third-order valence-corrected chi connectivity index (χ3v) is 2.38. The van der Waals surface area contributed by atoms with E-state index in [4.69, 9.17) is 0 Å². The van der Waals surface area contributed by atoms with Crippen LogP contribution >= 0.6 is 0 Å². The average molecular weight is 283 g/mol. The molecule has 8 heteroatoms. The Labute approximate surface area is 111 Å². The number of nitrogens with zero attached hydrogens (tertiary/aromatic N) is 2. The van der Waals surface area contributed by atoms with Crippen LogP contribution in [-0.2, 0) is 6.18 Å². The summed E-state index contributed by atoms with van der Waals surface area (Å²) < 4.78 is 37.6. The fourth-order valence-corrected chi connectivity index (χ4v) is 1.40. The Morgan fingerprint density at radius 3 is 2.50 bits per heavy atom. The molecule has 5 nitrogen and oxygen atoms in total. The second kappa shape index (κ2) is 5.16. The number of pyridine rings is 2. The predicted octanol–water partition coefficient (Wildman–Crippen LogP) is 2.45. The van der Waals surface area contributed by atoms with Crippen molar-refractivity contribution in [2.75, 3.05) is 5.32 Å². The zero-order valence-electron chi connectivity index (χ0n) is 9.85. The molecule has 0 saturated carbocycles. The highest BCUT2D eigenvalue weighted by atomic mass is 19.4. The molecule has 2 aromatic rings. The first-order valence-corrected chi connectivity index (χ1v) is 5.35. The van der Waals surface area contributed by atoms with Gasteiger partial charge in [-0.15, -0.1) is 0 Å². The molecular formula is C12H8F3N3O2. The molecule has 0 saturated heterocycles. The minimum atomic E-state index is -4.61. The van der Waals surface area contributed by atoms with Crippen molar-refractivity contribution in [2.45, 2.75) is 6.18 Å². The maximum atomic E-state index is 12.5. The van der Waals surface area contributed by atoms with Gasteiger partial charge in [0, 0.05) is 24.2 Å².